The maximum absolute atomic E-state index is 0. The van der Waals surface area contributed by atoms with Crippen LogP contribution in [0.5, 0.6) is 0 Å². The average molecular weight is 100 g/mol. The normalized spacial score (nSPS) is 0. The summed E-state index contributed by atoms with van der Waals surface area (Å²) in [7, 11) is 0. The molecular weight excluding hydrogens is 96.4 g/mol. The molecule has 0 aromatic heterocycles. The third-order valence-electron chi connectivity index (χ3n) is 0. The molecule has 0 spiro atoms. The summed E-state index contributed by atoms with van der Waals surface area (Å²) in [6.07, 6.45) is 0. The Kier molecular flexibility index (Phi) is 522. The smallest absolute Gasteiger partial charge is 1.00 e. The Labute approximate surface area is 52.9 Å². The van der Waals surface area contributed by atoms with Crippen LogP contribution in [-0.4, -0.2) is 0 Å². The minimum atomic E-state index is 0. The van der Waals surface area contributed by atoms with Crippen molar-refractivity contribution in [3.8, 4) is 0 Å². The Morgan fingerprint density at radius 1 is 1.00 bits per heavy atom. The number of halogens is 3. The van der Waals surface area contributed by atoms with E-state index in [0.717, 1.165) is 0 Å². The molecule has 0 aliphatic carbocycles. The van der Waals surface area contributed by atoms with Crippen molar-refractivity contribution in [2.75, 3.05) is 0 Å². The van der Waals surface area contributed by atoms with Gasteiger partial charge in [-0.05, 0) is 0 Å². The first-order valence-electron chi connectivity index (χ1n) is 0. The van der Waals surface area contributed by atoms with Gasteiger partial charge in [0.2, 0.25) is 0 Å². The van der Waals surface area contributed by atoms with Crippen LogP contribution in [0.1, 0.15) is 1.43 Å². The van der Waals surface area contributed by atoms with Crippen molar-refractivity contribution in [3.05, 3.63) is 0 Å². The van der Waals surface area contributed by atoms with Crippen LogP contribution >= 0.6 is 12.4 Å². The summed E-state index contributed by atoms with van der Waals surface area (Å²) in [5.41, 5.74) is 0. The summed E-state index contributed by atoms with van der Waals surface area (Å²) in [5.74, 6) is 0. The molecule has 4 heteroatoms. The van der Waals surface area contributed by atoms with Crippen LogP contribution < -0.4 is 29.6 Å². The Bertz CT molecular complexity index is 9.61. The summed E-state index contributed by atoms with van der Waals surface area (Å²) in [5, 5.41) is 0. The van der Waals surface area contributed by atoms with Gasteiger partial charge in [-0.15, -0.1) is 12.4 Å². The maximum Gasteiger partial charge on any atom is 1.00 e. The molecular formula is H4ClF2Na. The van der Waals surface area contributed by atoms with E-state index < -0.39 is 0 Å². The minimum Gasteiger partial charge on any atom is -1.00 e. The molecule has 0 fully saturated rings. The van der Waals surface area contributed by atoms with Gasteiger partial charge in [0.1, 0.15) is 0 Å². The summed E-state index contributed by atoms with van der Waals surface area (Å²) in [6, 6.07) is 0. The van der Waals surface area contributed by atoms with Gasteiger partial charge in [0.15, 0.2) is 0 Å². The molecule has 0 N–H and O–H groups in total. The Morgan fingerprint density at radius 2 is 1.00 bits per heavy atom. The molecule has 0 radical (unpaired) electrons. The van der Waals surface area contributed by atoms with E-state index in [9.17, 15) is 0 Å². The van der Waals surface area contributed by atoms with Gasteiger partial charge in [-0.25, -0.2) is 0 Å². The molecule has 0 unspecified atom stereocenters. The monoisotopic (exact) mass is 100.0 g/mol. The summed E-state index contributed by atoms with van der Waals surface area (Å²) in [4.78, 5) is 0. The van der Waals surface area contributed by atoms with E-state index in [1.54, 1.807) is 0 Å². The standard InChI is InChI=1S/ClH.2FH.Na.H/h3*1H;;/q;;;+1;-1. The fourth-order valence-corrected chi connectivity index (χ4v) is 0. The molecule has 0 saturated heterocycles. The molecule has 0 atom stereocenters. The zero-order chi connectivity index (χ0) is 0. The van der Waals surface area contributed by atoms with E-state index in [0.29, 0.717) is 0 Å². The molecule has 0 aromatic carbocycles. The number of hydrogen-bond acceptors (Lipinski definition) is 0. The van der Waals surface area contributed by atoms with Crippen molar-refractivity contribution < 1.29 is 40.4 Å². The van der Waals surface area contributed by atoms with Crippen molar-refractivity contribution in [2.24, 2.45) is 0 Å². The van der Waals surface area contributed by atoms with Crippen LogP contribution in [0.15, 0.2) is 0 Å². The predicted octanol–water partition coefficient (Wildman–Crippen LogP) is -2.16. The first-order valence-corrected chi connectivity index (χ1v) is 0. The molecule has 0 aliphatic heterocycles. The van der Waals surface area contributed by atoms with Crippen molar-refractivity contribution in [2.45, 2.75) is 0 Å². The topological polar surface area (TPSA) is 0 Å². The van der Waals surface area contributed by atoms with Crippen molar-refractivity contribution in [1.29, 1.82) is 0 Å². The summed E-state index contributed by atoms with van der Waals surface area (Å²) < 4.78 is 0. The molecule has 26 valence electrons. The number of hydrogen-bond donors (Lipinski definition) is 0. The molecule has 0 aromatic rings. The molecule has 4 heavy (non-hydrogen) atoms. The molecule has 0 saturated carbocycles. The Morgan fingerprint density at radius 3 is 1.00 bits per heavy atom. The van der Waals surface area contributed by atoms with E-state index in [1.807, 2.05) is 0 Å². The maximum atomic E-state index is 0. The summed E-state index contributed by atoms with van der Waals surface area (Å²) >= 11 is 0. The molecule has 0 amide bonds. The van der Waals surface area contributed by atoms with Crippen LogP contribution in [-0.2, 0) is 0 Å². The van der Waals surface area contributed by atoms with Gasteiger partial charge < -0.3 is 1.43 Å². The molecule has 0 rings (SSSR count). The van der Waals surface area contributed by atoms with Gasteiger partial charge >= 0.3 is 29.6 Å². The van der Waals surface area contributed by atoms with Crippen LogP contribution in [0.4, 0.5) is 9.41 Å². The van der Waals surface area contributed by atoms with Crippen LogP contribution in [0.3, 0.4) is 0 Å². The second kappa shape index (κ2) is 31.1. The zero-order valence-electron chi connectivity index (χ0n) is 3.22. The van der Waals surface area contributed by atoms with E-state index >= 15 is 0 Å². The SMILES string of the molecule is Cl.F.F.[H-].[Na+]. The fraction of sp³-hybridized carbons (Fsp3) is 0. The third-order valence-corrected chi connectivity index (χ3v) is 0. The Balaban J connectivity index is 0. The van der Waals surface area contributed by atoms with Crippen molar-refractivity contribution in [1.82, 2.24) is 0 Å². The van der Waals surface area contributed by atoms with E-state index in [2.05, 4.69) is 0 Å². The predicted molar refractivity (Wildman–Crippen MR) is 13.4 cm³/mol. The van der Waals surface area contributed by atoms with E-state index in [4.69, 9.17) is 0 Å². The van der Waals surface area contributed by atoms with E-state index in [-0.39, 0.29) is 52.8 Å². The van der Waals surface area contributed by atoms with Gasteiger partial charge in [0, 0.05) is 0 Å². The largest absolute Gasteiger partial charge is 1.00 e. The molecule has 0 nitrogen and oxygen atoms in total. The molecule has 0 bridgehead atoms. The summed E-state index contributed by atoms with van der Waals surface area (Å²) in [6.45, 7) is 0. The van der Waals surface area contributed by atoms with E-state index in [1.165, 1.54) is 0 Å². The van der Waals surface area contributed by atoms with Gasteiger partial charge in [-0.3, -0.25) is 9.41 Å². The minimum absolute atomic E-state index is 0. The quantitative estimate of drug-likeness (QED) is 0.304. The molecule has 0 heterocycles. The van der Waals surface area contributed by atoms with Gasteiger partial charge in [-0.2, -0.15) is 0 Å². The Hall–Kier alpha value is 1.15. The second-order valence-electron chi connectivity index (χ2n) is 0. The first kappa shape index (κ1) is 67.1. The third kappa shape index (κ3) is 11.0. The van der Waals surface area contributed by atoms with Crippen LogP contribution in [0.25, 0.3) is 0 Å². The zero-order valence-corrected chi connectivity index (χ0v) is 5.04. The van der Waals surface area contributed by atoms with Crippen LogP contribution in [0, 0.1) is 0 Å². The van der Waals surface area contributed by atoms with Gasteiger partial charge in [0.25, 0.3) is 0 Å². The van der Waals surface area contributed by atoms with Crippen molar-refractivity contribution in [3.63, 3.8) is 0 Å². The average Bonchev–Trinajstić information content (AvgIpc) is 0. The van der Waals surface area contributed by atoms with Gasteiger partial charge in [-0.1, -0.05) is 0 Å². The number of rotatable bonds is 0. The van der Waals surface area contributed by atoms with Crippen molar-refractivity contribution >= 4 is 12.4 Å². The van der Waals surface area contributed by atoms with Crippen LogP contribution in [0.2, 0.25) is 0 Å². The fourth-order valence-electron chi connectivity index (χ4n) is 0. The molecule has 0 aliphatic rings. The second-order valence-corrected chi connectivity index (χ2v) is 0. The first-order chi connectivity index (χ1) is 0. The van der Waals surface area contributed by atoms with Gasteiger partial charge in [0.05, 0.1) is 0 Å².